The van der Waals surface area contributed by atoms with Crippen LogP contribution >= 0.6 is 0 Å². The van der Waals surface area contributed by atoms with Crippen molar-refractivity contribution in [3.05, 3.63) is 35.4 Å². The molecule has 2 N–H and O–H groups in total. The van der Waals surface area contributed by atoms with E-state index < -0.39 is 17.7 Å². The van der Waals surface area contributed by atoms with E-state index in [-0.39, 0.29) is 38.3 Å². The number of hydrogen-bond donors (Lipinski definition) is 2. The van der Waals surface area contributed by atoms with Crippen molar-refractivity contribution in [3.63, 3.8) is 0 Å². The zero-order valence-corrected chi connectivity index (χ0v) is 13.6. The normalized spacial score (nSPS) is 11.9. The molecule has 0 saturated carbocycles. The van der Waals surface area contributed by atoms with Gasteiger partial charge in [0.05, 0.1) is 17.8 Å². The Morgan fingerprint density at radius 3 is 2.36 bits per heavy atom. The first kappa shape index (κ1) is 20.5. The van der Waals surface area contributed by atoms with Crippen molar-refractivity contribution >= 4 is 17.6 Å². The van der Waals surface area contributed by atoms with Gasteiger partial charge in [-0.05, 0) is 30.5 Å². The molecule has 0 atom stereocenters. The first-order chi connectivity index (χ1) is 11.7. The number of carboxylic acids is 1. The third-order valence-corrected chi connectivity index (χ3v) is 3.09. The molecule has 0 fully saturated rings. The molecule has 0 saturated heterocycles. The predicted octanol–water partition coefficient (Wildman–Crippen LogP) is 2.82. The molecule has 1 aromatic carbocycles. The highest BCUT2D eigenvalue weighted by atomic mass is 19.4. The van der Waals surface area contributed by atoms with E-state index >= 15 is 0 Å². The van der Waals surface area contributed by atoms with Crippen molar-refractivity contribution in [2.75, 3.05) is 13.2 Å². The van der Waals surface area contributed by atoms with Crippen molar-refractivity contribution in [1.82, 2.24) is 5.32 Å². The molecule has 1 rings (SSSR count). The van der Waals surface area contributed by atoms with Gasteiger partial charge in [-0.1, -0.05) is 17.3 Å². The second kappa shape index (κ2) is 9.65. The Bertz CT molecular complexity index is 613. The Morgan fingerprint density at radius 1 is 1.20 bits per heavy atom. The molecule has 9 heteroatoms. The second-order valence-electron chi connectivity index (χ2n) is 5.18. The molecule has 138 valence electrons. The smallest absolute Gasteiger partial charge is 0.416 e. The average molecular weight is 360 g/mol. The summed E-state index contributed by atoms with van der Waals surface area (Å²) in [5.41, 5.74) is -0.0246. The van der Waals surface area contributed by atoms with E-state index in [0.29, 0.717) is 11.3 Å². The van der Waals surface area contributed by atoms with Crippen molar-refractivity contribution in [2.24, 2.45) is 5.16 Å². The standard InChI is InChI=1S/C16H19F3N2O4/c1-11(22)20-9-10-25-21-14(3-2-4-15(23)24)12-5-7-13(8-6-12)16(17,18)19/h5-8H,2-4,9-10H2,1H3,(H,20,22)(H,23,24). The van der Waals surface area contributed by atoms with Crippen LogP contribution in [0.5, 0.6) is 0 Å². The van der Waals surface area contributed by atoms with E-state index in [1.54, 1.807) is 0 Å². The maximum atomic E-state index is 12.6. The van der Waals surface area contributed by atoms with Gasteiger partial charge in [0, 0.05) is 13.3 Å². The fraction of sp³-hybridized carbons (Fsp3) is 0.438. The molecule has 1 amide bonds. The first-order valence-electron chi connectivity index (χ1n) is 7.53. The number of nitrogens with one attached hydrogen (secondary N) is 1. The molecule has 0 spiro atoms. The summed E-state index contributed by atoms with van der Waals surface area (Å²) in [6, 6.07) is 4.39. The van der Waals surface area contributed by atoms with E-state index in [0.717, 1.165) is 12.1 Å². The molecule has 25 heavy (non-hydrogen) atoms. The third kappa shape index (κ3) is 8.18. The van der Waals surface area contributed by atoms with Crippen LogP contribution in [0.2, 0.25) is 0 Å². The maximum absolute atomic E-state index is 12.6. The molecule has 0 aliphatic rings. The molecule has 0 unspecified atom stereocenters. The quantitative estimate of drug-likeness (QED) is 0.403. The summed E-state index contributed by atoms with van der Waals surface area (Å²) in [4.78, 5) is 26.4. The van der Waals surface area contributed by atoms with E-state index in [4.69, 9.17) is 9.94 Å². The predicted molar refractivity (Wildman–Crippen MR) is 84.1 cm³/mol. The summed E-state index contributed by atoms with van der Waals surface area (Å²) < 4.78 is 37.8. The summed E-state index contributed by atoms with van der Waals surface area (Å²) in [7, 11) is 0. The van der Waals surface area contributed by atoms with E-state index in [2.05, 4.69) is 10.5 Å². The number of hydrogen-bond acceptors (Lipinski definition) is 4. The molecule has 6 nitrogen and oxygen atoms in total. The molecule has 0 aliphatic carbocycles. The summed E-state index contributed by atoms with van der Waals surface area (Å²) in [5, 5.41) is 15.1. The van der Waals surface area contributed by atoms with Crippen LogP contribution in [-0.2, 0) is 20.6 Å². The molecular formula is C16H19F3N2O4. The monoisotopic (exact) mass is 360 g/mol. The maximum Gasteiger partial charge on any atom is 0.416 e. The van der Waals surface area contributed by atoms with Gasteiger partial charge in [-0.15, -0.1) is 0 Å². The minimum atomic E-state index is -4.44. The van der Waals surface area contributed by atoms with Gasteiger partial charge in [-0.25, -0.2) is 0 Å². The number of carboxylic acid groups (broad SMARTS) is 1. The Hall–Kier alpha value is -2.58. The van der Waals surface area contributed by atoms with E-state index in [1.807, 2.05) is 0 Å². The van der Waals surface area contributed by atoms with Gasteiger partial charge in [0.25, 0.3) is 0 Å². The summed E-state index contributed by atoms with van der Waals surface area (Å²) in [6.45, 7) is 1.67. The third-order valence-electron chi connectivity index (χ3n) is 3.09. The number of benzene rings is 1. The zero-order chi connectivity index (χ0) is 18.9. The Kier molecular flexibility index (Phi) is 7.90. The number of alkyl halides is 3. The molecule has 0 aromatic heterocycles. The summed E-state index contributed by atoms with van der Waals surface area (Å²) in [6.07, 6.45) is -4.03. The van der Waals surface area contributed by atoms with Crippen molar-refractivity contribution < 1.29 is 32.7 Å². The van der Waals surface area contributed by atoms with E-state index in [1.165, 1.54) is 19.1 Å². The van der Waals surface area contributed by atoms with Crippen molar-refractivity contribution in [3.8, 4) is 0 Å². The van der Waals surface area contributed by atoms with Crippen LogP contribution in [0.1, 0.15) is 37.3 Å². The Morgan fingerprint density at radius 2 is 1.84 bits per heavy atom. The van der Waals surface area contributed by atoms with Gasteiger partial charge in [-0.2, -0.15) is 13.2 Å². The van der Waals surface area contributed by atoms with Crippen molar-refractivity contribution in [1.29, 1.82) is 0 Å². The SMILES string of the molecule is CC(=O)NCCON=C(CCCC(=O)O)c1ccc(C(F)(F)F)cc1. The first-order valence-corrected chi connectivity index (χ1v) is 7.53. The van der Waals surface area contributed by atoms with Gasteiger partial charge in [-0.3, -0.25) is 9.59 Å². The molecule has 0 radical (unpaired) electrons. The van der Waals surface area contributed by atoms with Gasteiger partial charge in [0.1, 0.15) is 6.61 Å². The van der Waals surface area contributed by atoms with Crippen LogP contribution in [0, 0.1) is 0 Å². The average Bonchev–Trinajstić information content (AvgIpc) is 2.51. The summed E-state index contributed by atoms with van der Waals surface area (Å²) in [5.74, 6) is -1.20. The van der Waals surface area contributed by atoms with Crippen LogP contribution in [-0.4, -0.2) is 35.8 Å². The minimum Gasteiger partial charge on any atom is -0.481 e. The topological polar surface area (TPSA) is 88.0 Å². The fourth-order valence-corrected chi connectivity index (χ4v) is 1.90. The summed E-state index contributed by atoms with van der Waals surface area (Å²) >= 11 is 0. The largest absolute Gasteiger partial charge is 0.481 e. The number of halogens is 3. The lowest BCUT2D eigenvalue weighted by molar-refractivity contribution is -0.138. The van der Waals surface area contributed by atoms with E-state index in [9.17, 15) is 22.8 Å². The highest BCUT2D eigenvalue weighted by Gasteiger charge is 2.30. The van der Waals surface area contributed by atoms with Gasteiger partial charge in [0.2, 0.25) is 5.91 Å². The highest BCUT2D eigenvalue weighted by Crippen LogP contribution is 2.29. The van der Waals surface area contributed by atoms with Crippen LogP contribution in [0.4, 0.5) is 13.2 Å². The minimum absolute atomic E-state index is 0.0860. The van der Waals surface area contributed by atoms with Gasteiger partial charge < -0.3 is 15.3 Å². The number of oxime groups is 1. The number of aliphatic carboxylic acids is 1. The molecule has 0 aliphatic heterocycles. The second-order valence-corrected chi connectivity index (χ2v) is 5.18. The van der Waals surface area contributed by atoms with Crippen LogP contribution in [0.25, 0.3) is 0 Å². The zero-order valence-electron chi connectivity index (χ0n) is 13.6. The molecule has 0 bridgehead atoms. The lowest BCUT2D eigenvalue weighted by Gasteiger charge is -2.10. The van der Waals surface area contributed by atoms with Crippen LogP contribution < -0.4 is 5.32 Å². The fourth-order valence-electron chi connectivity index (χ4n) is 1.90. The highest BCUT2D eigenvalue weighted by molar-refractivity contribution is 6.00. The van der Waals surface area contributed by atoms with Gasteiger partial charge in [0.15, 0.2) is 0 Å². The van der Waals surface area contributed by atoms with Crippen LogP contribution in [0.3, 0.4) is 0 Å². The van der Waals surface area contributed by atoms with Crippen molar-refractivity contribution in [2.45, 2.75) is 32.4 Å². The lowest BCUT2D eigenvalue weighted by Crippen LogP contribution is -2.23. The number of rotatable bonds is 9. The number of carbonyl (C=O) groups excluding carboxylic acids is 1. The van der Waals surface area contributed by atoms with Crippen LogP contribution in [0.15, 0.2) is 29.4 Å². The number of nitrogens with zero attached hydrogens (tertiary/aromatic N) is 1. The Balaban J connectivity index is 2.78. The van der Waals surface area contributed by atoms with Gasteiger partial charge >= 0.3 is 12.1 Å². The Labute approximate surface area is 142 Å². The number of carbonyl (C=O) groups is 2. The molecular weight excluding hydrogens is 341 g/mol. The molecule has 0 heterocycles. The lowest BCUT2D eigenvalue weighted by atomic mass is 10.0. The molecule has 1 aromatic rings. The number of amides is 1.